The molecule has 0 saturated carbocycles. The number of nitrogens with zero attached hydrogens (tertiary/aromatic N) is 1. The van der Waals surface area contributed by atoms with Crippen LogP contribution in [0.5, 0.6) is 0 Å². The van der Waals surface area contributed by atoms with Gasteiger partial charge in [-0.15, -0.1) is 0 Å². The van der Waals surface area contributed by atoms with Gasteiger partial charge in [-0.2, -0.15) is 0 Å². The van der Waals surface area contributed by atoms with Crippen LogP contribution in [0, 0.1) is 0 Å². The molecular weight excluding hydrogens is 158 g/mol. The molecule has 0 aromatic carbocycles. The van der Waals surface area contributed by atoms with Crippen LogP contribution < -0.4 is 0 Å². The quantitative estimate of drug-likeness (QED) is 0.677. The molecule has 1 saturated heterocycles. The van der Waals surface area contributed by atoms with Crippen LogP contribution in [0.3, 0.4) is 0 Å². The van der Waals surface area contributed by atoms with Crippen molar-refractivity contribution in [2.75, 3.05) is 19.7 Å². The summed E-state index contributed by atoms with van der Waals surface area (Å²) in [6, 6.07) is 0. The third kappa shape index (κ3) is 2.37. The molecule has 0 radical (unpaired) electrons. The highest BCUT2D eigenvalue weighted by molar-refractivity contribution is 5.69. The Balaban J connectivity index is 2.18. The molecule has 1 aliphatic heterocycles. The van der Waals surface area contributed by atoms with Crippen molar-refractivity contribution >= 4 is 6.09 Å². The number of aliphatic hydroxyl groups is 1. The Bertz CT molecular complexity index is 160. The number of hydrogen-bond acceptors (Lipinski definition) is 3. The van der Waals surface area contributed by atoms with Gasteiger partial charge in [0.15, 0.2) is 0 Å². The Morgan fingerprint density at radius 2 is 2.50 bits per heavy atom. The van der Waals surface area contributed by atoms with E-state index >= 15 is 0 Å². The van der Waals surface area contributed by atoms with E-state index in [0.29, 0.717) is 26.1 Å². The molecule has 1 aliphatic rings. The molecule has 0 bridgehead atoms. The number of cyclic esters (lactones) is 1. The van der Waals surface area contributed by atoms with Gasteiger partial charge < -0.3 is 14.7 Å². The van der Waals surface area contributed by atoms with E-state index in [4.69, 9.17) is 4.74 Å². The van der Waals surface area contributed by atoms with Crippen molar-refractivity contribution in [3.63, 3.8) is 0 Å². The second kappa shape index (κ2) is 4.30. The number of carbonyl (C=O) groups excluding carboxylic acids is 1. The van der Waals surface area contributed by atoms with Crippen LogP contribution in [0.25, 0.3) is 0 Å². The summed E-state index contributed by atoms with van der Waals surface area (Å²) in [7, 11) is 0. The molecule has 0 aliphatic carbocycles. The predicted molar refractivity (Wildman–Crippen MR) is 43.8 cm³/mol. The molecule has 70 valence electrons. The fourth-order valence-electron chi connectivity index (χ4n) is 1.14. The monoisotopic (exact) mass is 173 g/mol. The lowest BCUT2D eigenvalue weighted by Gasteiger charge is -2.14. The summed E-state index contributed by atoms with van der Waals surface area (Å²) in [5.74, 6) is 0. The Morgan fingerprint density at radius 1 is 1.75 bits per heavy atom. The van der Waals surface area contributed by atoms with E-state index in [0.717, 1.165) is 6.42 Å². The summed E-state index contributed by atoms with van der Waals surface area (Å²) in [5.41, 5.74) is 0. The highest BCUT2D eigenvalue weighted by atomic mass is 16.6. The van der Waals surface area contributed by atoms with Crippen molar-refractivity contribution in [2.24, 2.45) is 0 Å². The summed E-state index contributed by atoms with van der Waals surface area (Å²) < 4.78 is 4.74. The van der Waals surface area contributed by atoms with E-state index < -0.39 is 0 Å². The molecule has 1 unspecified atom stereocenters. The van der Waals surface area contributed by atoms with Gasteiger partial charge in [0, 0.05) is 6.54 Å². The molecular formula is C8H15NO3. The second-order valence-corrected chi connectivity index (χ2v) is 2.95. The van der Waals surface area contributed by atoms with Crippen LogP contribution in [-0.4, -0.2) is 41.9 Å². The van der Waals surface area contributed by atoms with Crippen LogP contribution in [0.1, 0.15) is 19.8 Å². The number of rotatable bonds is 4. The highest BCUT2D eigenvalue weighted by Gasteiger charge is 2.21. The SMILES string of the molecule is CCC(O)CCN1CCOC1=O. The first-order chi connectivity index (χ1) is 5.74. The molecule has 1 rings (SSSR count). The predicted octanol–water partition coefficient (Wildman–Crippen LogP) is 0.600. The van der Waals surface area contributed by atoms with E-state index in [1.807, 2.05) is 6.92 Å². The van der Waals surface area contributed by atoms with E-state index in [2.05, 4.69) is 0 Å². The molecule has 1 amide bonds. The summed E-state index contributed by atoms with van der Waals surface area (Å²) in [5, 5.41) is 9.23. The maximum absolute atomic E-state index is 10.9. The van der Waals surface area contributed by atoms with Crippen molar-refractivity contribution in [1.82, 2.24) is 4.90 Å². The topological polar surface area (TPSA) is 49.8 Å². The second-order valence-electron chi connectivity index (χ2n) is 2.95. The Kier molecular flexibility index (Phi) is 3.34. The maximum atomic E-state index is 10.9. The number of carbonyl (C=O) groups is 1. The van der Waals surface area contributed by atoms with Crippen molar-refractivity contribution in [3.05, 3.63) is 0 Å². The first kappa shape index (κ1) is 9.32. The minimum absolute atomic E-state index is 0.252. The van der Waals surface area contributed by atoms with E-state index in [1.54, 1.807) is 4.90 Å². The number of aliphatic hydroxyl groups excluding tert-OH is 1. The van der Waals surface area contributed by atoms with Crippen LogP contribution in [0.4, 0.5) is 4.79 Å². The summed E-state index contributed by atoms with van der Waals surface area (Å²) in [6.45, 7) is 3.68. The molecule has 1 atom stereocenters. The van der Waals surface area contributed by atoms with Gasteiger partial charge in [0.1, 0.15) is 6.61 Å². The normalized spacial score (nSPS) is 19.5. The molecule has 1 fully saturated rings. The van der Waals surface area contributed by atoms with Gasteiger partial charge in [-0.1, -0.05) is 6.92 Å². The number of amides is 1. The average Bonchev–Trinajstić information content (AvgIpc) is 2.47. The fourth-order valence-corrected chi connectivity index (χ4v) is 1.14. The largest absolute Gasteiger partial charge is 0.448 e. The molecule has 0 aromatic rings. The minimum Gasteiger partial charge on any atom is -0.448 e. The van der Waals surface area contributed by atoms with Gasteiger partial charge >= 0.3 is 6.09 Å². The molecule has 1 N–H and O–H groups in total. The molecule has 12 heavy (non-hydrogen) atoms. The van der Waals surface area contributed by atoms with Crippen molar-refractivity contribution < 1.29 is 14.6 Å². The van der Waals surface area contributed by atoms with Gasteiger partial charge in [-0.3, -0.25) is 0 Å². The summed E-state index contributed by atoms with van der Waals surface area (Å²) >= 11 is 0. The Morgan fingerprint density at radius 3 is 3.00 bits per heavy atom. The van der Waals surface area contributed by atoms with E-state index in [1.165, 1.54) is 0 Å². The fraction of sp³-hybridized carbons (Fsp3) is 0.875. The first-order valence-electron chi connectivity index (χ1n) is 4.33. The highest BCUT2D eigenvalue weighted by Crippen LogP contribution is 2.06. The van der Waals surface area contributed by atoms with Crippen LogP contribution in [0.2, 0.25) is 0 Å². The standard InChI is InChI=1S/C8H15NO3/c1-2-7(10)3-4-9-5-6-12-8(9)11/h7,10H,2-6H2,1H3. The average molecular weight is 173 g/mol. The molecule has 1 heterocycles. The lowest BCUT2D eigenvalue weighted by molar-refractivity contribution is 0.135. The molecule has 4 heteroatoms. The zero-order valence-electron chi connectivity index (χ0n) is 7.32. The van der Waals surface area contributed by atoms with E-state index in [9.17, 15) is 9.90 Å². The molecule has 4 nitrogen and oxygen atoms in total. The van der Waals surface area contributed by atoms with Gasteiger partial charge in [-0.05, 0) is 12.8 Å². The van der Waals surface area contributed by atoms with Crippen LogP contribution >= 0.6 is 0 Å². The third-order valence-electron chi connectivity index (χ3n) is 2.05. The van der Waals surface area contributed by atoms with Crippen LogP contribution in [-0.2, 0) is 4.74 Å². The van der Waals surface area contributed by atoms with Crippen molar-refractivity contribution in [2.45, 2.75) is 25.9 Å². The molecule has 0 aromatic heterocycles. The zero-order chi connectivity index (χ0) is 8.97. The lowest BCUT2D eigenvalue weighted by atomic mass is 10.2. The third-order valence-corrected chi connectivity index (χ3v) is 2.05. The maximum Gasteiger partial charge on any atom is 0.409 e. The minimum atomic E-state index is -0.293. The van der Waals surface area contributed by atoms with Gasteiger partial charge in [0.05, 0.1) is 12.6 Å². The van der Waals surface area contributed by atoms with Gasteiger partial charge in [0.2, 0.25) is 0 Å². The summed E-state index contributed by atoms with van der Waals surface area (Å²) in [6.07, 6.45) is 0.839. The van der Waals surface area contributed by atoms with Crippen molar-refractivity contribution in [3.8, 4) is 0 Å². The lowest BCUT2D eigenvalue weighted by Crippen LogP contribution is -2.27. The van der Waals surface area contributed by atoms with Gasteiger partial charge in [-0.25, -0.2) is 4.79 Å². The smallest absolute Gasteiger partial charge is 0.409 e. The number of ether oxygens (including phenoxy) is 1. The molecule has 0 spiro atoms. The summed E-state index contributed by atoms with van der Waals surface area (Å²) in [4.78, 5) is 12.5. The first-order valence-corrected chi connectivity index (χ1v) is 4.33. The Labute approximate surface area is 72.1 Å². The zero-order valence-corrected chi connectivity index (χ0v) is 7.32. The number of hydrogen-bond donors (Lipinski definition) is 1. The van der Waals surface area contributed by atoms with E-state index in [-0.39, 0.29) is 12.2 Å². The van der Waals surface area contributed by atoms with Crippen LogP contribution in [0.15, 0.2) is 0 Å². The van der Waals surface area contributed by atoms with Gasteiger partial charge in [0.25, 0.3) is 0 Å². The Hall–Kier alpha value is -0.770. The van der Waals surface area contributed by atoms with Crippen molar-refractivity contribution in [1.29, 1.82) is 0 Å².